The SMILES string of the molecule is CCCCc1nnc(C(=O)NC2CCN(C)CC2)cc1-c1ccc(O)cc1. The normalized spacial score (nSPS) is 15.6. The molecule has 1 aliphatic heterocycles. The minimum absolute atomic E-state index is 0.167. The number of benzene rings is 1. The highest BCUT2D eigenvalue weighted by Gasteiger charge is 2.21. The van der Waals surface area contributed by atoms with E-state index in [2.05, 4.69) is 34.4 Å². The van der Waals surface area contributed by atoms with Crippen LogP contribution < -0.4 is 5.32 Å². The molecule has 3 rings (SSSR count). The van der Waals surface area contributed by atoms with Crippen LogP contribution in [0.25, 0.3) is 11.1 Å². The molecule has 27 heavy (non-hydrogen) atoms. The van der Waals surface area contributed by atoms with Crippen LogP contribution in [0, 0.1) is 0 Å². The highest BCUT2D eigenvalue weighted by Crippen LogP contribution is 2.26. The Balaban J connectivity index is 1.82. The van der Waals surface area contributed by atoms with Crippen LogP contribution in [0.3, 0.4) is 0 Å². The van der Waals surface area contributed by atoms with Gasteiger partial charge < -0.3 is 15.3 Å². The van der Waals surface area contributed by atoms with E-state index in [0.29, 0.717) is 5.69 Å². The van der Waals surface area contributed by atoms with Gasteiger partial charge >= 0.3 is 0 Å². The summed E-state index contributed by atoms with van der Waals surface area (Å²) in [5.41, 5.74) is 3.07. The summed E-state index contributed by atoms with van der Waals surface area (Å²) in [6.07, 6.45) is 4.80. The van der Waals surface area contributed by atoms with Crippen molar-refractivity contribution < 1.29 is 9.90 Å². The Morgan fingerprint density at radius 1 is 1.22 bits per heavy atom. The minimum atomic E-state index is -0.167. The number of aromatic hydroxyl groups is 1. The molecule has 0 radical (unpaired) electrons. The molecule has 2 N–H and O–H groups in total. The Kier molecular flexibility index (Phi) is 6.40. The second-order valence-corrected chi connectivity index (χ2v) is 7.29. The zero-order valence-electron chi connectivity index (χ0n) is 16.1. The topological polar surface area (TPSA) is 78.4 Å². The second kappa shape index (κ2) is 8.95. The van der Waals surface area contributed by atoms with Crippen LogP contribution >= 0.6 is 0 Å². The van der Waals surface area contributed by atoms with Gasteiger partial charge in [0, 0.05) is 11.6 Å². The second-order valence-electron chi connectivity index (χ2n) is 7.29. The van der Waals surface area contributed by atoms with Gasteiger partial charge in [-0.2, -0.15) is 5.10 Å². The molecule has 1 saturated heterocycles. The minimum Gasteiger partial charge on any atom is -0.508 e. The van der Waals surface area contributed by atoms with Crippen molar-refractivity contribution in [3.8, 4) is 16.9 Å². The number of carbonyl (C=O) groups is 1. The van der Waals surface area contributed by atoms with Gasteiger partial charge in [-0.3, -0.25) is 4.79 Å². The molecule has 6 nitrogen and oxygen atoms in total. The average Bonchev–Trinajstić information content (AvgIpc) is 2.68. The van der Waals surface area contributed by atoms with Crippen LogP contribution in [0.15, 0.2) is 30.3 Å². The van der Waals surface area contributed by atoms with Gasteiger partial charge in [-0.05, 0) is 69.6 Å². The maximum Gasteiger partial charge on any atom is 0.272 e. The molecular weight excluding hydrogens is 340 g/mol. The lowest BCUT2D eigenvalue weighted by Crippen LogP contribution is -2.43. The third-order valence-corrected chi connectivity index (χ3v) is 5.10. The molecule has 144 valence electrons. The Hall–Kier alpha value is -2.47. The van der Waals surface area contributed by atoms with Gasteiger partial charge in [0.25, 0.3) is 5.91 Å². The zero-order chi connectivity index (χ0) is 19.2. The number of amides is 1. The number of unbranched alkanes of at least 4 members (excludes halogenated alkanes) is 1. The predicted octanol–water partition coefficient (Wildman–Crippen LogP) is 3.02. The summed E-state index contributed by atoms with van der Waals surface area (Å²) in [6, 6.07) is 9.01. The first-order valence-corrected chi connectivity index (χ1v) is 9.72. The maximum atomic E-state index is 12.7. The van der Waals surface area contributed by atoms with Crippen molar-refractivity contribution in [2.75, 3.05) is 20.1 Å². The summed E-state index contributed by atoms with van der Waals surface area (Å²) in [5, 5.41) is 21.2. The first-order valence-electron chi connectivity index (χ1n) is 9.72. The Labute approximate surface area is 160 Å². The fraction of sp³-hybridized carbons (Fsp3) is 0.476. The number of phenols is 1. The van der Waals surface area contributed by atoms with Crippen LogP contribution in [0.1, 0.15) is 48.8 Å². The molecule has 0 bridgehead atoms. The third-order valence-electron chi connectivity index (χ3n) is 5.10. The van der Waals surface area contributed by atoms with E-state index < -0.39 is 0 Å². The molecule has 1 aliphatic rings. The van der Waals surface area contributed by atoms with E-state index in [9.17, 15) is 9.90 Å². The summed E-state index contributed by atoms with van der Waals surface area (Å²) < 4.78 is 0. The van der Waals surface area contributed by atoms with Gasteiger partial charge in [0.1, 0.15) is 5.75 Å². The molecule has 0 saturated carbocycles. The van der Waals surface area contributed by atoms with E-state index in [1.165, 1.54) is 0 Å². The van der Waals surface area contributed by atoms with Gasteiger partial charge in [0.15, 0.2) is 5.69 Å². The van der Waals surface area contributed by atoms with Crippen molar-refractivity contribution in [1.82, 2.24) is 20.4 Å². The number of likely N-dealkylation sites (tertiary alicyclic amines) is 1. The van der Waals surface area contributed by atoms with Crippen molar-refractivity contribution >= 4 is 5.91 Å². The van der Waals surface area contributed by atoms with E-state index in [1.54, 1.807) is 12.1 Å². The predicted molar refractivity (Wildman–Crippen MR) is 106 cm³/mol. The van der Waals surface area contributed by atoms with Crippen molar-refractivity contribution in [1.29, 1.82) is 0 Å². The molecule has 1 fully saturated rings. The molecule has 0 atom stereocenters. The average molecular weight is 368 g/mol. The molecule has 1 aromatic carbocycles. The smallest absolute Gasteiger partial charge is 0.272 e. The number of hydrogen-bond acceptors (Lipinski definition) is 5. The van der Waals surface area contributed by atoms with Gasteiger partial charge in [0.2, 0.25) is 0 Å². The molecule has 6 heteroatoms. The van der Waals surface area contributed by atoms with E-state index in [0.717, 1.165) is 62.0 Å². The lowest BCUT2D eigenvalue weighted by atomic mass is 10.00. The van der Waals surface area contributed by atoms with E-state index in [-0.39, 0.29) is 17.7 Å². The number of nitrogens with one attached hydrogen (secondary N) is 1. The number of aryl methyl sites for hydroxylation is 1. The molecule has 1 amide bonds. The van der Waals surface area contributed by atoms with Gasteiger partial charge in [-0.15, -0.1) is 5.10 Å². The Morgan fingerprint density at radius 3 is 2.59 bits per heavy atom. The number of aromatic nitrogens is 2. The monoisotopic (exact) mass is 368 g/mol. The summed E-state index contributed by atoms with van der Waals surface area (Å²) in [7, 11) is 2.10. The summed E-state index contributed by atoms with van der Waals surface area (Å²) >= 11 is 0. The van der Waals surface area contributed by atoms with Gasteiger partial charge in [-0.1, -0.05) is 25.5 Å². The maximum absolute atomic E-state index is 12.7. The number of piperidine rings is 1. The van der Waals surface area contributed by atoms with E-state index >= 15 is 0 Å². The van der Waals surface area contributed by atoms with E-state index in [1.807, 2.05) is 18.2 Å². The molecule has 2 aromatic rings. The van der Waals surface area contributed by atoms with Crippen molar-refractivity contribution in [2.24, 2.45) is 0 Å². The van der Waals surface area contributed by atoms with Crippen LogP contribution in [0.2, 0.25) is 0 Å². The number of nitrogens with zero attached hydrogens (tertiary/aromatic N) is 3. The molecule has 0 spiro atoms. The number of hydrogen-bond donors (Lipinski definition) is 2. The van der Waals surface area contributed by atoms with Gasteiger partial charge in [0.05, 0.1) is 5.69 Å². The third kappa shape index (κ3) is 5.04. The number of carbonyl (C=O) groups excluding carboxylic acids is 1. The number of rotatable bonds is 6. The zero-order valence-corrected chi connectivity index (χ0v) is 16.1. The fourth-order valence-electron chi connectivity index (χ4n) is 3.36. The van der Waals surface area contributed by atoms with Crippen molar-refractivity contribution in [2.45, 2.75) is 45.1 Å². The molecule has 0 unspecified atom stereocenters. The quantitative estimate of drug-likeness (QED) is 0.819. The van der Waals surface area contributed by atoms with E-state index in [4.69, 9.17) is 0 Å². The molecular formula is C21H28N4O2. The lowest BCUT2D eigenvalue weighted by Gasteiger charge is -2.29. The Bertz CT molecular complexity index is 768. The summed E-state index contributed by atoms with van der Waals surface area (Å²) in [4.78, 5) is 15.0. The standard InChI is InChI=1S/C21H28N4O2/c1-3-4-5-19-18(15-6-8-17(26)9-7-15)14-20(24-23-19)21(27)22-16-10-12-25(2)13-11-16/h6-9,14,16,26H,3-5,10-13H2,1-2H3,(H,22,27). The molecule has 0 aliphatic carbocycles. The first-order chi connectivity index (χ1) is 13.1. The van der Waals surface area contributed by atoms with Crippen LogP contribution in [-0.2, 0) is 6.42 Å². The Morgan fingerprint density at radius 2 is 1.93 bits per heavy atom. The summed E-state index contributed by atoms with van der Waals surface area (Å²) in [6.45, 7) is 4.12. The number of phenolic OH excluding ortho intramolecular Hbond substituents is 1. The largest absolute Gasteiger partial charge is 0.508 e. The van der Waals surface area contributed by atoms with Gasteiger partial charge in [-0.25, -0.2) is 0 Å². The lowest BCUT2D eigenvalue weighted by molar-refractivity contribution is 0.0910. The first kappa shape index (κ1) is 19.3. The fourth-order valence-corrected chi connectivity index (χ4v) is 3.36. The van der Waals surface area contributed by atoms with Crippen LogP contribution in [0.4, 0.5) is 0 Å². The molecule has 1 aromatic heterocycles. The molecule has 2 heterocycles. The van der Waals surface area contributed by atoms with Crippen LogP contribution in [0.5, 0.6) is 5.75 Å². The highest BCUT2D eigenvalue weighted by atomic mass is 16.3. The van der Waals surface area contributed by atoms with Crippen LogP contribution in [-0.4, -0.2) is 52.3 Å². The summed E-state index contributed by atoms with van der Waals surface area (Å²) in [5.74, 6) is 0.0511. The highest BCUT2D eigenvalue weighted by molar-refractivity contribution is 5.93. The van der Waals surface area contributed by atoms with Crippen molar-refractivity contribution in [3.05, 3.63) is 41.7 Å². The van der Waals surface area contributed by atoms with Crippen molar-refractivity contribution in [3.63, 3.8) is 0 Å².